The van der Waals surface area contributed by atoms with E-state index in [2.05, 4.69) is 20.4 Å². The van der Waals surface area contributed by atoms with Crippen molar-refractivity contribution < 1.29 is 22.4 Å². The van der Waals surface area contributed by atoms with Gasteiger partial charge in [0.25, 0.3) is 5.91 Å². The molecule has 1 N–H and O–H groups in total. The van der Waals surface area contributed by atoms with E-state index in [-0.39, 0.29) is 35.7 Å². The zero-order valence-corrected chi connectivity index (χ0v) is 17.9. The van der Waals surface area contributed by atoms with Crippen LogP contribution < -0.4 is 5.32 Å². The fraction of sp³-hybridized carbons (Fsp3) is 0.125. The standard InChI is InChI=1S/C24H16F4N6O/c25-19-9-15(12-31-22(19)13-32-23(35)21-3-1-2-7-30-21)14-34-8-6-20(33-34)16-4-5-17(11-29)18(10-16)24(26,27)28/h1-10,12H,13-14H2,(H,32,35). The third-order valence-corrected chi connectivity index (χ3v) is 5.01. The Morgan fingerprint density at radius 2 is 1.94 bits per heavy atom. The third kappa shape index (κ3) is 5.50. The molecule has 3 aromatic heterocycles. The average molecular weight is 480 g/mol. The summed E-state index contributed by atoms with van der Waals surface area (Å²) in [5.41, 5.74) is -0.351. The molecule has 176 valence electrons. The maximum atomic E-state index is 14.5. The number of aromatic nitrogens is 4. The molecular formula is C24H16F4N6O. The highest BCUT2D eigenvalue weighted by Gasteiger charge is 2.34. The van der Waals surface area contributed by atoms with Gasteiger partial charge in [0.15, 0.2) is 0 Å². The lowest BCUT2D eigenvalue weighted by atomic mass is 10.0. The molecule has 0 atom stereocenters. The summed E-state index contributed by atoms with van der Waals surface area (Å²) in [4.78, 5) is 20.0. The van der Waals surface area contributed by atoms with E-state index in [1.165, 1.54) is 47.4 Å². The number of halogens is 4. The van der Waals surface area contributed by atoms with Crippen LogP contribution in [0.25, 0.3) is 11.3 Å². The van der Waals surface area contributed by atoms with Crippen molar-refractivity contribution in [2.45, 2.75) is 19.3 Å². The van der Waals surface area contributed by atoms with Gasteiger partial charge in [-0.05, 0) is 42.0 Å². The van der Waals surface area contributed by atoms with E-state index in [4.69, 9.17) is 5.26 Å². The van der Waals surface area contributed by atoms with Crippen LogP contribution in [0.3, 0.4) is 0 Å². The van der Waals surface area contributed by atoms with Crippen molar-refractivity contribution in [3.8, 4) is 17.3 Å². The van der Waals surface area contributed by atoms with Crippen molar-refractivity contribution in [1.82, 2.24) is 25.1 Å². The minimum Gasteiger partial charge on any atom is -0.345 e. The Kier molecular flexibility index (Phi) is 6.55. The predicted molar refractivity (Wildman–Crippen MR) is 116 cm³/mol. The maximum absolute atomic E-state index is 14.5. The van der Waals surface area contributed by atoms with E-state index < -0.39 is 29.0 Å². The first-order valence-electron chi connectivity index (χ1n) is 10.2. The van der Waals surface area contributed by atoms with E-state index in [0.29, 0.717) is 5.56 Å². The van der Waals surface area contributed by atoms with Crippen molar-refractivity contribution in [1.29, 1.82) is 5.26 Å². The molecule has 1 aromatic carbocycles. The number of benzene rings is 1. The number of carbonyl (C=O) groups excluding carboxylic acids is 1. The van der Waals surface area contributed by atoms with Crippen LogP contribution >= 0.6 is 0 Å². The number of nitrogens with zero attached hydrogens (tertiary/aromatic N) is 5. The number of alkyl halides is 3. The number of hydrogen-bond acceptors (Lipinski definition) is 5. The second-order valence-electron chi connectivity index (χ2n) is 7.44. The summed E-state index contributed by atoms with van der Waals surface area (Å²) in [5.74, 6) is -1.09. The second-order valence-corrected chi connectivity index (χ2v) is 7.44. The summed E-state index contributed by atoms with van der Waals surface area (Å²) in [6.45, 7) is -0.0133. The van der Waals surface area contributed by atoms with Gasteiger partial charge in [-0.15, -0.1) is 0 Å². The highest BCUT2D eigenvalue weighted by molar-refractivity contribution is 5.92. The number of nitriles is 1. The van der Waals surface area contributed by atoms with Crippen LogP contribution in [0.15, 0.2) is 67.1 Å². The molecular weight excluding hydrogens is 464 g/mol. The van der Waals surface area contributed by atoms with Gasteiger partial charge in [0.1, 0.15) is 11.5 Å². The lowest BCUT2D eigenvalue weighted by Crippen LogP contribution is -2.24. The van der Waals surface area contributed by atoms with Gasteiger partial charge in [-0.25, -0.2) is 4.39 Å². The first-order valence-corrected chi connectivity index (χ1v) is 10.2. The maximum Gasteiger partial charge on any atom is 0.417 e. The Labute approximate surface area is 196 Å². The van der Waals surface area contributed by atoms with E-state index in [0.717, 1.165) is 12.1 Å². The summed E-state index contributed by atoms with van der Waals surface area (Å²) in [6.07, 6.45) is -0.235. The summed E-state index contributed by atoms with van der Waals surface area (Å²) in [6, 6.07) is 12.5. The molecule has 7 nitrogen and oxygen atoms in total. The minimum absolute atomic E-state index is 0.0384. The third-order valence-electron chi connectivity index (χ3n) is 5.01. The largest absolute Gasteiger partial charge is 0.417 e. The Morgan fingerprint density at radius 1 is 1.11 bits per heavy atom. The van der Waals surface area contributed by atoms with E-state index >= 15 is 0 Å². The molecule has 0 bridgehead atoms. The van der Waals surface area contributed by atoms with Gasteiger partial charge in [-0.2, -0.15) is 23.5 Å². The Hall–Kier alpha value is -4.59. The summed E-state index contributed by atoms with van der Waals surface area (Å²) in [7, 11) is 0. The molecule has 0 aliphatic heterocycles. The minimum atomic E-state index is -4.67. The van der Waals surface area contributed by atoms with E-state index in [1.807, 2.05) is 0 Å². The van der Waals surface area contributed by atoms with Crippen LogP contribution in [0.5, 0.6) is 0 Å². The van der Waals surface area contributed by atoms with Gasteiger partial charge in [0, 0.05) is 24.2 Å². The molecule has 0 fully saturated rings. The Morgan fingerprint density at radius 3 is 2.63 bits per heavy atom. The zero-order chi connectivity index (χ0) is 25.0. The van der Waals surface area contributed by atoms with Crippen LogP contribution in [-0.4, -0.2) is 25.7 Å². The van der Waals surface area contributed by atoms with Crippen molar-refractivity contribution >= 4 is 5.91 Å². The number of amides is 1. The molecule has 11 heteroatoms. The summed E-state index contributed by atoms with van der Waals surface area (Å²) in [5, 5.41) is 15.7. The van der Waals surface area contributed by atoms with Crippen molar-refractivity contribution in [3.63, 3.8) is 0 Å². The van der Waals surface area contributed by atoms with E-state index in [1.54, 1.807) is 18.3 Å². The Balaban J connectivity index is 1.45. The van der Waals surface area contributed by atoms with Gasteiger partial charge >= 0.3 is 6.18 Å². The van der Waals surface area contributed by atoms with Crippen molar-refractivity contribution in [3.05, 3.63) is 101 Å². The normalized spacial score (nSPS) is 11.2. The summed E-state index contributed by atoms with van der Waals surface area (Å²) < 4.78 is 55.6. The fourth-order valence-corrected chi connectivity index (χ4v) is 3.30. The number of carbonyl (C=O) groups is 1. The van der Waals surface area contributed by atoms with E-state index in [9.17, 15) is 22.4 Å². The predicted octanol–water partition coefficient (Wildman–Crippen LogP) is 4.35. The molecule has 4 aromatic rings. The van der Waals surface area contributed by atoms with Gasteiger partial charge in [0.05, 0.1) is 41.7 Å². The zero-order valence-electron chi connectivity index (χ0n) is 17.9. The molecule has 0 saturated carbocycles. The highest BCUT2D eigenvalue weighted by Crippen LogP contribution is 2.34. The molecule has 35 heavy (non-hydrogen) atoms. The fourth-order valence-electron chi connectivity index (χ4n) is 3.30. The monoisotopic (exact) mass is 480 g/mol. The topological polar surface area (TPSA) is 96.5 Å². The average Bonchev–Trinajstić information content (AvgIpc) is 3.31. The molecule has 0 saturated heterocycles. The molecule has 0 radical (unpaired) electrons. The van der Waals surface area contributed by atoms with Gasteiger partial charge in [-0.1, -0.05) is 12.1 Å². The van der Waals surface area contributed by atoms with Crippen LogP contribution in [0.1, 0.15) is 32.9 Å². The molecule has 3 heterocycles. The number of hydrogen-bond donors (Lipinski definition) is 1. The SMILES string of the molecule is N#Cc1ccc(-c2ccn(Cc3cnc(CNC(=O)c4ccccn4)c(F)c3)n2)cc1C(F)(F)F. The van der Waals surface area contributed by atoms with Gasteiger partial charge < -0.3 is 5.32 Å². The number of rotatable bonds is 6. The molecule has 0 aliphatic rings. The molecule has 0 unspecified atom stereocenters. The lowest BCUT2D eigenvalue weighted by molar-refractivity contribution is -0.137. The molecule has 0 aliphatic carbocycles. The van der Waals surface area contributed by atoms with Crippen LogP contribution in [-0.2, 0) is 19.3 Å². The number of nitrogens with one attached hydrogen (secondary N) is 1. The Bertz CT molecular complexity index is 1410. The molecule has 4 rings (SSSR count). The summed E-state index contributed by atoms with van der Waals surface area (Å²) >= 11 is 0. The van der Waals surface area contributed by atoms with Crippen molar-refractivity contribution in [2.24, 2.45) is 0 Å². The van der Waals surface area contributed by atoms with Crippen LogP contribution in [0, 0.1) is 17.1 Å². The first-order chi connectivity index (χ1) is 16.7. The van der Waals surface area contributed by atoms with Crippen molar-refractivity contribution in [2.75, 3.05) is 0 Å². The highest BCUT2D eigenvalue weighted by atomic mass is 19.4. The molecule has 1 amide bonds. The first kappa shape index (κ1) is 23.6. The number of pyridine rings is 2. The smallest absolute Gasteiger partial charge is 0.345 e. The van der Waals surface area contributed by atoms with Crippen LogP contribution in [0.4, 0.5) is 17.6 Å². The second kappa shape index (κ2) is 9.72. The van der Waals surface area contributed by atoms with Gasteiger partial charge in [-0.3, -0.25) is 19.4 Å². The van der Waals surface area contributed by atoms with Crippen LogP contribution in [0.2, 0.25) is 0 Å². The quantitative estimate of drug-likeness (QED) is 0.414. The van der Waals surface area contributed by atoms with Gasteiger partial charge in [0.2, 0.25) is 0 Å². The molecule has 0 spiro atoms. The lowest BCUT2D eigenvalue weighted by Gasteiger charge is -2.10.